The van der Waals surface area contributed by atoms with Crippen molar-refractivity contribution in [3.8, 4) is 0 Å². The predicted molar refractivity (Wildman–Crippen MR) is 62.1 cm³/mol. The minimum atomic E-state index is -0.426. The number of carbonyl (C=O) groups excluding carboxylic acids is 1. The van der Waals surface area contributed by atoms with Crippen LogP contribution in [-0.2, 0) is 10.2 Å². The van der Waals surface area contributed by atoms with Crippen LogP contribution >= 0.6 is 0 Å². The first kappa shape index (κ1) is 11.1. The quantitative estimate of drug-likeness (QED) is 0.800. The van der Waals surface area contributed by atoms with Gasteiger partial charge in [-0.05, 0) is 18.4 Å². The Balaban J connectivity index is 2.06. The van der Waals surface area contributed by atoms with Crippen LogP contribution in [0.5, 0.6) is 0 Å². The van der Waals surface area contributed by atoms with Gasteiger partial charge in [0.2, 0.25) is 5.91 Å². The maximum absolute atomic E-state index is 11.1. The van der Waals surface area contributed by atoms with E-state index in [1.165, 1.54) is 12.0 Å². The largest absolute Gasteiger partial charge is 0.387 e. The van der Waals surface area contributed by atoms with Gasteiger partial charge in [0.1, 0.15) is 6.61 Å². The van der Waals surface area contributed by atoms with Gasteiger partial charge in [0.25, 0.3) is 0 Å². The molecule has 3 nitrogen and oxygen atoms in total. The van der Waals surface area contributed by atoms with Crippen LogP contribution in [0.1, 0.15) is 24.8 Å². The van der Waals surface area contributed by atoms with E-state index >= 15 is 0 Å². The van der Waals surface area contributed by atoms with E-state index in [1.807, 2.05) is 18.2 Å². The molecule has 0 aliphatic heterocycles. The lowest BCUT2D eigenvalue weighted by atomic mass is 9.64. The summed E-state index contributed by atoms with van der Waals surface area (Å²) in [6.45, 7) is 0.210. The summed E-state index contributed by atoms with van der Waals surface area (Å²) in [6.07, 6.45) is 3.44. The third-order valence-electron chi connectivity index (χ3n) is 3.46. The summed E-state index contributed by atoms with van der Waals surface area (Å²) in [5.41, 5.74) is 1.39. The highest BCUT2D eigenvalue weighted by Crippen LogP contribution is 2.42. The molecule has 0 saturated heterocycles. The van der Waals surface area contributed by atoms with Gasteiger partial charge in [0, 0.05) is 12.0 Å². The number of aliphatic hydroxyl groups excluding tert-OH is 1. The molecule has 2 N–H and O–H groups in total. The van der Waals surface area contributed by atoms with Gasteiger partial charge in [-0.2, -0.15) is 0 Å². The predicted octanol–water partition coefficient (Wildman–Crippen LogP) is 1.22. The van der Waals surface area contributed by atoms with Crippen LogP contribution in [0.2, 0.25) is 0 Å². The molecule has 86 valence electrons. The first-order valence-corrected chi connectivity index (χ1v) is 5.70. The van der Waals surface area contributed by atoms with Gasteiger partial charge in [0.05, 0.1) is 0 Å². The molecule has 0 spiro atoms. The fraction of sp³-hybridized carbons (Fsp3) is 0.462. The lowest BCUT2D eigenvalue weighted by Crippen LogP contribution is -2.46. The normalized spacial score (nSPS) is 17.6. The van der Waals surface area contributed by atoms with Crippen LogP contribution < -0.4 is 5.32 Å². The third kappa shape index (κ3) is 2.09. The Morgan fingerprint density at radius 1 is 1.31 bits per heavy atom. The molecule has 0 bridgehead atoms. The highest BCUT2D eigenvalue weighted by atomic mass is 16.3. The fourth-order valence-electron chi connectivity index (χ4n) is 2.29. The fourth-order valence-corrected chi connectivity index (χ4v) is 2.29. The molecule has 1 amide bonds. The van der Waals surface area contributed by atoms with Crippen LogP contribution in [0, 0.1) is 0 Å². The Kier molecular flexibility index (Phi) is 3.25. The van der Waals surface area contributed by atoms with Crippen LogP contribution in [0.25, 0.3) is 0 Å². The number of hydrogen-bond donors (Lipinski definition) is 2. The molecule has 1 fully saturated rings. The van der Waals surface area contributed by atoms with E-state index in [0.29, 0.717) is 6.54 Å². The number of rotatable bonds is 4. The molecule has 0 atom stereocenters. The molecular formula is C13H17NO2. The summed E-state index contributed by atoms with van der Waals surface area (Å²) in [5.74, 6) is -0.290. The summed E-state index contributed by atoms with van der Waals surface area (Å²) in [7, 11) is 0. The van der Waals surface area contributed by atoms with E-state index in [4.69, 9.17) is 5.11 Å². The number of carbonyl (C=O) groups is 1. The Bertz CT molecular complexity index is 357. The minimum absolute atomic E-state index is 0.103. The summed E-state index contributed by atoms with van der Waals surface area (Å²) in [5, 5.41) is 11.5. The first-order chi connectivity index (χ1) is 7.77. The summed E-state index contributed by atoms with van der Waals surface area (Å²) in [6, 6.07) is 10.3. The lowest BCUT2D eigenvalue weighted by Gasteiger charge is -2.42. The maximum Gasteiger partial charge on any atom is 0.245 e. The van der Waals surface area contributed by atoms with Crippen molar-refractivity contribution in [2.24, 2.45) is 0 Å². The van der Waals surface area contributed by atoms with Gasteiger partial charge < -0.3 is 10.4 Å². The molecule has 2 rings (SSSR count). The van der Waals surface area contributed by atoms with Crippen molar-refractivity contribution in [1.82, 2.24) is 5.32 Å². The molecule has 16 heavy (non-hydrogen) atoms. The zero-order chi connectivity index (χ0) is 11.4. The standard InChI is InChI=1S/C13H17NO2/c15-9-12(16)14-10-13(7-4-8-13)11-5-2-1-3-6-11/h1-3,5-6,15H,4,7-10H2,(H,14,16). The molecule has 0 aromatic heterocycles. The Morgan fingerprint density at radius 2 is 2.00 bits per heavy atom. The van der Waals surface area contributed by atoms with Crippen LogP contribution in [0.15, 0.2) is 30.3 Å². The van der Waals surface area contributed by atoms with Gasteiger partial charge in [-0.25, -0.2) is 0 Å². The SMILES string of the molecule is O=C(CO)NCC1(c2ccccc2)CCC1. The average molecular weight is 219 g/mol. The van der Waals surface area contributed by atoms with Crippen molar-refractivity contribution >= 4 is 5.91 Å². The number of benzene rings is 1. The van der Waals surface area contributed by atoms with Crippen LogP contribution in [-0.4, -0.2) is 24.2 Å². The van der Waals surface area contributed by atoms with Crippen molar-refractivity contribution in [3.63, 3.8) is 0 Å². The highest BCUT2D eigenvalue weighted by Gasteiger charge is 2.38. The number of hydrogen-bond acceptors (Lipinski definition) is 2. The molecule has 3 heteroatoms. The van der Waals surface area contributed by atoms with E-state index in [2.05, 4.69) is 17.4 Å². The molecule has 1 aliphatic rings. The molecule has 0 heterocycles. The van der Waals surface area contributed by atoms with Crippen molar-refractivity contribution in [1.29, 1.82) is 0 Å². The Morgan fingerprint density at radius 3 is 2.50 bits per heavy atom. The molecule has 1 aromatic carbocycles. The molecular weight excluding hydrogens is 202 g/mol. The van der Waals surface area contributed by atoms with Gasteiger partial charge in [-0.15, -0.1) is 0 Å². The molecule has 0 unspecified atom stereocenters. The van der Waals surface area contributed by atoms with E-state index in [0.717, 1.165) is 12.8 Å². The zero-order valence-corrected chi connectivity index (χ0v) is 9.28. The van der Waals surface area contributed by atoms with Gasteiger partial charge in [-0.1, -0.05) is 36.8 Å². The minimum Gasteiger partial charge on any atom is -0.387 e. The van der Waals surface area contributed by atoms with Crippen molar-refractivity contribution < 1.29 is 9.90 Å². The summed E-state index contributed by atoms with van der Waals surface area (Å²) < 4.78 is 0. The van der Waals surface area contributed by atoms with E-state index < -0.39 is 6.61 Å². The summed E-state index contributed by atoms with van der Waals surface area (Å²) >= 11 is 0. The van der Waals surface area contributed by atoms with Crippen molar-refractivity contribution in [2.75, 3.05) is 13.2 Å². The van der Waals surface area contributed by atoms with Gasteiger partial charge >= 0.3 is 0 Å². The second-order valence-electron chi connectivity index (χ2n) is 4.43. The Hall–Kier alpha value is -1.35. The molecule has 1 aliphatic carbocycles. The van der Waals surface area contributed by atoms with Crippen molar-refractivity contribution in [3.05, 3.63) is 35.9 Å². The maximum atomic E-state index is 11.1. The van der Waals surface area contributed by atoms with Crippen LogP contribution in [0.3, 0.4) is 0 Å². The lowest BCUT2D eigenvalue weighted by molar-refractivity contribution is -0.124. The molecule has 0 radical (unpaired) electrons. The number of amides is 1. The third-order valence-corrected chi connectivity index (χ3v) is 3.46. The number of aliphatic hydroxyl groups is 1. The zero-order valence-electron chi connectivity index (χ0n) is 9.28. The van der Waals surface area contributed by atoms with E-state index in [-0.39, 0.29) is 11.3 Å². The highest BCUT2D eigenvalue weighted by molar-refractivity contribution is 5.77. The van der Waals surface area contributed by atoms with E-state index in [9.17, 15) is 4.79 Å². The molecule has 1 saturated carbocycles. The summed E-state index contributed by atoms with van der Waals surface area (Å²) in [4.78, 5) is 11.1. The van der Waals surface area contributed by atoms with Crippen LogP contribution in [0.4, 0.5) is 0 Å². The van der Waals surface area contributed by atoms with Gasteiger partial charge in [-0.3, -0.25) is 4.79 Å². The average Bonchev–Trinajstić information content (AvgIpc) is 2.29. The second-order valence-corrected chi connectivity index (χ2v) is 4.43. The van der Waals surface area contributed by atoms with Gasteiger partial charge in [0.15, 0.2) is 0 Å². The van der Waals surface area contributed by atoms with E-state index in [1.54, 1.807) is 0 Å². The topological polar surface area (TPSA) is 49.3 Å². The Labute approximate surface area is 95.5 Å². The number of nitrogens with one attached hydrogen (secondary N) is 1. The van der Waals surface area contributed by atoms with Crippen molar-refractivity contribution in [2.45, 2.75) is 24.7 Å². The molecule has 1 aromatic rings. The first-order valence-electron chi connectivity index (χ1n) is 5.70. The monoisotopic (exact) mass is 219 g/mol. The smallest absolute Gasteiger partial charge is 0.245 e. The second kappa shape index (κ2) is 4.66.